The van der Waals surface area contributed by atoms with E-state index in [-0.39, 0.29) is 5.09 Å². The highest BCUT2D eigenvalue weighted by Gasteiger charge is 2.21. The average molecular weight is 308 g/mol. The number of hydrogen-bond acceptors (Lipinski definition) is 5. The monoisotopic (exact) mass is 308 g/mol. The Bertz CT molecular complexity index is 523. The Morgan fingerprint density at radius 3 is 2.63 bits per heavy atom. The number of nitrogens with zero attached hydrogens (tertiary/aromatic N) is 1. The third-order valence-corrected chi connectivity index (χ3v) is 5.01. The van der Waals surface area contributed by atoms with Gasteiger partial charge >= 0.3 is 0 Å². The lowest BCUT2D eigenvalue weighted by Gasteiger charge is -2.07. The molecular weight excluding hydrogens is 288 g/mol. The van der Waals surface area contributed by atoms with E-state index >= 15 is 0 Å². The highest BCUT2D eigenvalue weighted by atomic mass is 32.2. The van der Waals surface area contributed by atoms with E-state index < -0.39 is 20.8 Å². The predicted octanol–water partition coefficient (Wildman–Crippen LogP) is 0.388. The zero-order valence-corrected chi connectivity index (χ0v) is 13.0. The van der Waals surface area contributed by atoms with Crippen molar-refractivity contribution < 1.29 is 17.0 Å². The first-order chi connectivity index (χ1) is 8.84. The summed E-state index contributed by atoms with van der Waals surface area (Å²) >= 11 is 0. The quantitative estimate of drug-likeness (QED) is 0.703. The van der Waals surface area contributed by atoms with E-state index in [1.165, 1.54) is 20.2 Å². The second-order valence-electron chi connectivity index (χ2n) is 4.32. The Morgan fingerprint density at radius 2 is 2.05 bits per heavy atom. The summed E-state index contributed by atoms with van der Waals surface area (Å²) in [4.78, 5) is 0. The lowest BCUT2D eigenvalue weighted by Crippen LogP contribution is -2.21. The van der Waals surface area contributed by atoms with Gasteiger partial charge < -0.3 is 9.73 Å². The van der Waals surface area contributed by atoms with Crippen LogP contribution in [0.1, 0.15) is 12.2 Å². The van der Waals surface area contributed by atoms with Crippen molar-refractivity contribution in [3.8, 4) is 0 Å². The zero-order chi connectivity index (χ0) is 14.5. The Kier molecular flexibility index (Phi) is 6.18. The van der Waals surface area contributed by atoms with Crippen LogP contribution < -0.4 is 5.32 Å². The maximum absolute atomic E-state index is 11.8. The summed E-state index contributed by atoms with van der Waals surface area (Å²) in [6.45, 7) is 1.18. The van der Waals surface area contributed by atoms with Crippen molar-refractivity contribution in [1.82, 2.24) is 9.62 Å². The van der Waals surface area contributed by atoms with E-state index in [0.29, 0.717) is 18.1 Å². The molecule has 0 amide bonds. The molecule has 1 rings (SSSR count). The van der Waals surface area contributed by atoms with Gasteiger partial charge in [-0.05, 0) is 25.1 Å². The minimum Gasteiger partial charge on any atom is -0.447 e. The molecule has 0 aliphatic carbocycles. The van der Waals surface area contributed by atoms with Crippen molar-refractivity contribution in [2.24, 2.45) is 0 Å². The van der Waals surface area contributed by atoms with Gasteiger partial charge in [0.1, 0.15) is 5.76 Å². The molecule has 0 saturated carbocycles. The Hall–Kier alpha value is -0.700. The van der Waals surface area contributed by atoms with Gasteiger partial charge in [0.25, 0.3) is 10.0 Å². The van der Waals surface area contributed by atoms with E-state index in [1.807, 2.05) is 0 Å². The van der Waals surface area contributed by atoms with Crippen molar-refractivity contribution >= 4 is 20.8 Å². The third-order valence-electron chi connectivity index (χ3n) is 2.46. The van der Waals surface area contributed by atoms with Gasteiger partial charge in [-0.1, -0.05) is 0 Å². The van der Waals surface area contributed by atoms with Gasteiger partial charge in [-0.25, -0.2) is 12.7 Å². The molecule has 0 spiro atoms. The Balaban J connectivity index is 2.46. The van der Waals surface area contributed by atoms with Crippen LogP contribution in [0.15, 0.2) is 21.6 Å². The maximum atomic E-state index is 11.8. The highest BCUT2D eigenvalue weighted by Crippen LogP contribution is 2.16. The number of hydrogen-bond donors (Lipinski definition) is 1. The normalized spacial score (nSPS) is 13.9. The summed E-state index contributed by atoms with van der Waals surface area (Å²) in [7, 11) is -1.36. The van der Waals surface area contributed by atoms with Crippen LogP contribution >= 0.6 is 0 Å². The second kappa shape index (κ2) is 7.18. The van der Waals surface area contributed by atoms with Crippen LogP contribution in [0.4, 0.5) is 0 Å². The largest absolute Gasteiger partial charge is 0.447 e. The minimum atomic E-state index is -3.50. The van der Waals surface area contributed by atoms with E-state index in [9.17, 15) is 12.6 Å². The Morgan fingerprint density at radius 1 is 1.37 bits per heavy atom. The molecule has 0 aromatic carbocycles. The fourth-order valence-corrected chi connectivity index (χ4v) is 2.75. The van der Waals surface area contributed by atoms with Gasteiger partial charge in [-0.3, -0.25) is 4.21 Å². The summed E-state index contributed by atoms with van der Waals surface area (Å²) in [5.74, 6) is 1.23. The van der Waals surface area contributed by atoms with Crippen LogP contribution in [0.3, 0.4) is 0 Å². The van der Waals surface area contributed by atoms with Gasteiger partial charge in [0.05, 0.1) is 6.54 Å². The van der Waals surface area contributed by atoms with Crippen LogP contribution in [0.5, 0.6) is 0 Å². The number of rotatable bonds is 8. The SMILES string of the molecule is CN(C)S(=O)(=O)c1ccc(CNCCCS(C)=O)o1. The standard InChI is InChI=1S/C11H20N2O4S2/c1-13(2)19(15,16)11-6-5-10(17-11)9-12-7-4-8-18(3)14/h5-6,12H,4,7-9H2,1-3H3. The molecular formula is C11H20N2O4S2. The zero-order valence-electron chi connectivity index (χ0n) is 11.4. The maximum Gasteiger partial charge on any atom is 0.275 e. The first kappa shape index (κ1) is 16.4. The highest BCUT2D eigenvalue weighted by molar-refractivity contribution is 7.88. The summed E-state index contributed by atoms with van der Waals surface area (Å²) in [5.41, 5.74) is 0. The van der Waals surface area contributed by atoms with Crippen LogP contribution in [0.2, 0.25) is 0 Å². The fourth-order valence-electron chi connectivity index (χ4n) is 1.38. The lowest BCUT2D eigenvalue weighted by atomic mass is 10.4. The molecule has 0 saturated heterocycles. The molecule has 0 bridgehead atoms. The molecule has 19 heavy (non-hydrogen) atoms. The van der Waals surface area contributed by atoms with Crippen molar-refractivity contribution in [3.63, 3.8) is 0 Å². The Labute approximate surface area is 116 Å². The van der Waals surface area contributed by atoms with Crippen molar-refractivity contribution in [1.29, 1.82) is 0 Å². The summed E-state index contributed by atoms with van der Waals surface area (Å²) < 4.78 is 40.8. The van der Waals surface area contributed by atoms with Crippen molar-refractivity contribution in [2.75, 3.05) is 32.6 Å². The molecule has 1 aromatic heterocycles. The minimum absolute atomic E-state index is 0.0519. The van der Waals surface area contributed by atoms with E-state index in [2.05, 4.69) is 5.32 Å². The number of sulfonamides is 1. The first-order valence-electron chi connectivity index (χ1n) is 5.86. The molecule has 6 nitrogen and oxygen atoms in total. The number of furan rings is 1. The molecule has 1 unspecified atom stereocenters. The average Bonchev–Trinajstić information content (AvgIpc) is 2.77. The van der Waals surface area contributed by atoms with Crippen LogP contribution in [0, 0.1) is 0 Å². The molecule has 1 heterocycles. The van der Waals surface area contributed by atoms with Crippen molar-refractivity contribution in [2.45, 2.75) is 18.1 Å². The van der Waals surface area contributed by atoms with Gasteiger partial charge in [0.2, 0.25) is 5.09 Å². The lowest BCUT2D eigenvalue weighted by molar-refractivity contribution is 0.389. The van der Waals surface area contributed by atoms with E-state index in [1.54, 1.807) is 12.3 Å². The topological polar surface area (TPSA) is 79.6 Å². The van der Waals surface area contributed by atoms with E-state index in [0.717, 1.165) is 17.3 Å². The molecule has 1 N–H and O–H groups in total. The van der Waals surface area contributed by atoms with Crippen LogP contribution in [-0.4, -0.2) is 49.6 Å². The molecule has 110 valence electrons. The second-order valence-corrected chi connectivity index (χ2v) is 7.95. The number of nitrogens with one attached hydrogen (secondary N) is 1. The van der Waals surface area contributed by atoms with Gasteiger partial charge in [-0.15, -0.1) is 0 Å². The molecule has 0 aliphatic rings. The van der Waals surface area contributed by atoms with Gasteiger partial charge in [-0.2, -0.15) is 0 Å². The van der Waals surface area contributed by atoms with Gasteiger partial charge in [0, 0.05) is 36.9 Å². The van der Waals surface area contributed by atoms with Gasteiger partial charge in [0.15, 0.2) is 0 Å². The smallest absolute Gasteiger partial charge is 0.275 e. The molecule has 1 aromatic rings. The third kappa shape index (κ3) is 5.06. The first-order valence-corrected chi connectivity index (χ1v) is 9.02. The molecule has 0 fully saturated rings. The molecule has 0 radical (unpaired) electrons. The summed E-state index contributed by atoms with van der Waals surface area (Å²) in [6, 6.07) is 3.09. The van der Waals surface area contributed by atoms with Crippen LogP contribution in [0.25, 0.3) is 0 Å². The molecule has 8 heteroatoms. The molecule has 0 aliphatic heterocycles. The summed E-state index contributed by atoms with van der Waals surface area (Å²) in [5, 5.41) is 3.06. The van der Waals surface area contributed by atoms with E-state index in [4.69, 9.17) is 4.42 Å². The van der Waals surface area contributed by atoms with Crippen LogP contribution in [-0.2, 0) is 27.4 Å². The fraction of sp³-hybridized carbons (Fsp3) is 0.636. The summed E-state index contributed by atoms with van der Waals surface area (Å²) in [6.07, 6.45) is 2.48. The van der Waals surface area contributed by atoms with Crippen molar-refractivity contribution in [3.05, 3.63) is 17.9 Å². The predicted molar refractivity (Wildman–Crippen MR) is 74.8 cm³/mol. The molecule has 1 atom stereocenters.